The zero-order chi connectivity index (χ0) is 12.4. The minimum absolute atomic E-state index is 0.805. The summed E-state index contributed by atoms with van der Waals surface area (Å²) < 4.78 is 4.06. The summed E-state index contributed by atoms with van der Waals surface area (Å²) in [5.41, 5.74) is 1.13. The third-order valence-electron chi connectivity index (χ3n) is 4.49. The summed E-state index contributed by atoms with van der Waals surface area (Å²) in [5, 5.41) is 8.62. The van der Waals surface area contributed by atoms with Crippen LogP contribution >= 0.6 is 11.5 Å². The van der Waals surface area contributed by atoms with E-state index in [0.717, 1.165) is 29.2 Å². The van der Waals surface area contributed by atoms with Crippen molar-refractivity contribution in [1.29, 1.82) is 0 Å². The molecule has 2 unspecified atom stereocenters. The van der Waals surface area contributed by atoms with Gasteiger partial charge in [-0.1, -0.05) is 17.3 Å². The average molecular weight is 266 g/mol. The minimum Gasteiger partial charge on any atom is -0.377 e. The number of likely N-dealkylation sites (tertiary alicyclic amines) is 1. The van der Waals surface area contributed by atoms with Crippen LogP contribution in [-0.2, 0) is 6.54 Å². The number of piperidine rings is 1. The second-order valence-corrected chi connectivity index (χ2v) is 6.28. The van der Waals surface area contributed by atoms with Crippen LogP contribution in [0, 0.1) is 5.92 Å². The van der Waals surface area contributed by atoms with Gasteiger partial charge in [-0.05, 0) is 38.1 Å². The number of hydrogen-bond donors (Lipinski definition) is 1. The van der Waals surface area contributed by atoms with E-state index in [9.17, 15) is 0 Å². The Balaban J connectivity index is 1.71. The summed E-state index contributed by atoms with van der Waals surface area (Å²) >= 11 is 1.47. The predicted molar refractivity (Wildman–Crippen MR) is 74.8 cm³/mol. The van der Waals surface area contributed by atoms with Crippen LogP contribution < -0.4 is 5.32 Å². The number of nitrogens with zero attached hydrogens (tertiary/aromatic N) is 3. The quantitative estimate of drug-likeness (QED) is 0.913. The molecule has 2 fully saturated rings. The molecule has 2 atom stereocenters. The molecule has 2 aliphatic rings. The maximum atomic E-state index is 4.28. The maximum absolute atomic E-state index is 4.28. The number of rotatable bonds is 3. The Bertz CT molecular complexity index is 390. The van der Waals surface area contributed by atoms with E-state index in [4.69, 9.17) is 0 Å². The second-order valence-electron chi connectivity index (χ2n) is 5.52. The lowest BCUT2D eigenvalue weighted by Gasteiger charge is -2.43. The highest BCUT2D eigenvalue weighted by atomic mass is 32.1. The molecule has 1 saturated heterocycles. The zero-order valence-corrected chi connectivity index (χ0v) is 11.9. The van der Waals surface area contributed by atoms with Crippen LogP contribution in [-0.4, -0.2) is 34.1 Å². The first-order valence-corrected chi connectivity index (χ1v) is 7.89. The Morgan fingerprint density at radius 2 is 2.11 bits per heavy atom. The fourth-order valence-electron chi connectivity index (χ4n) is 3.62. The van der Waals surface area contributed by atoms with Crippen molar-refractivity contribution in [2.75, 3.05) is 18.9 Å². The van der Waals surface area contributed by atoms with Crippen molar-refractivity contribution in [3.8, 4) is 0 Å². The van der Waals surface area contributed by atoms with Crippen LogP contribution in [0.25, 0.3) is 0 Å². The molecule has 0 spiro atoms. The fraction of sp³-hybridized carbons (Fsp3) is 0.846. The second kappa shape index (κ2) is 5.53. The van der Waals surface area contributed by atoms with Crippen molar-refractivity contribution >= 4 is 16.5 Å². The van der Waals surface area contributed by atoms with Crippen molar-refractivity contribution in [2.24, 2.45) is 5.92 Å². The normalized spacial score (nSPS) is 28.9. The first-order chi connectivity index (χ1) is 8.88. The van der Waals surface area contributed by atoms with E-state index >= 15 is 0 Å². The van der Waals surface area contributed by atoms with E-state index in [2.05, 4.69) is 19.8 Å². The van der Waals surface area contributed by atoms with E-state index in [0.29, 0.717) is 0 Å². The van der Waals surface area contributed by atoms with Gasteiger partial charge in [0.15, 0.2) is 0 Å². The highest BCUT2D eigenvalue weighted by molar-refractivity contribution is 7.10. The molecule has 0 amide bonds. The summed E-state index contributed by atoms with van der Waals surface area (Å²) in [7, 11) is 1.96. The standard InChI is InChI=1S/C13H22N4S/c1-14-13-11(15-16-18-13)9-17-8-4-6-10-5-2-3-7-12(10)17/h10,12,14H,2-9H2,1H3. The van der Waals surface area contributed by atoms with Crippen molar-refractivity contribution < 1.29 is 0 Å². The van der Waals surface area contributed by atoms with E-state index in [1.54, 1.807) is 0 Å². The summed E-state index contributed by atoms with van der Waals surface area (Å²) in [5.74, 6) is 0.942. The van der Waals surface area contributed by atoms with Gasteiger partial charge < -0.3 is 5.32 Å². The van der Waals surface area contributed by atoms with Gasteiger partial charge in [-0.3, -0.25) is 4.90 Å². The van der Waals surface area contributed by atoms with Gasteiger partial charge in [0.1, 0.15) is 10.7 Å². The summed E-state index contributed by atoms with van der Waals surface area (Å²) in [4.78, 5) is 2.66. The lowest BCUT2D eigenvalue weighted by molar-refractivity contribution is 0.0539. The molecule has 4 nitrogen and oxygen atoms in total. The Kier molecular flexibility index (Phi) is 3.80. The molecular weight excluding hydrogens is 244 g/mol. The Morgan fingerprint density at radius 3 is 3.00 bits per heavy atom. The third-order valence-corrected chi connectivity index (χ3v) is 5.28. The van der Waals surface area contributed by atoms with Gasteiger partial charge in [0.2, 0.25) is 0 Å². The molecule has 100 valence electrons. The molecule has 1 aliphatic carbocycles. The maximum Gasteiger partial charge on any atom is 0.134 e. The topological polar surface area (TPSA) is 41.1 Å². The lowest BCUT2D eigenvalue weighted by atomic mass is 9.78. The van der Waals surface area contributed by atoms with E-state index in [1.165, 1.54) is 56.6 Å². The van der Waals surface area contributed by atoms with Crippen molar-refractivity contribution in [1.82, 2.24) is 14.5 Å². The smallest absolute Gasteiger partial charge is 0.134 e. The highest BCUT2D eigenvalue weighted by Crippen LogP contribution is 2.36. The fourth-order valence-corrected chi connectivity index (χ4v) is 4.14. The molecule has 0 bridgehead atoms. The van der Waals surface area contributed by atoms with E-state index < -0.39 is 0 Å². The van der Waals surface area contributed by atoms with Crippen LogP contribution in [0.1, 0.15) is 44.2 Å². The Labute approximate surface area is 113 Å². The van der Waals surface area contributed by atoms with Crippen LogP contribution in [0.5, 0.6) is 0 Å². The number of fused-ring (bicyclic) bond motifs is 1. The van der Waals surface area contributed by atoms with Crippen LogP contribution in [0.4, 0.5) is 5.00 Å². The molecule has 18 heavy (non-hydrogen) atoms. The van der Waals surface area contributed by atoms with Crippen LogP contribution in [0.2, 0.25) is 0 Å². The molecule has 1 N–H and O–H groups in total. The van der Waals surface area contributed by atoms with Gasteiger partial charge in [0.05, 0.1) is 0 Å². The zero-order valence-electron chi connectivity index (χ0n) is 11.1. The van der Waals surface area contributed by atoms with E-state index in [-0.39, 0.29) is 0 Å². The van der Waals surface area contributed by atoms with Gasteiger partial charge in [0, 0.05) is 31.2 Å². The molecule has 1 aliphatic heterocycles. The molecule has 1 aromatic heterocycles. The molecule has 0 aromatic carbocycles. The average Bonchev–Trinajstić information content (AvgIpc) is 2.86. The van der Waals surface area contributed by atoms with Crippen molar-refractivity contribution in [2.45, 2.75) is 51.1 Å². The first kappa shape index (κ1) is 12.4. The summed E-state index contributed by atoms with van der Waals surface area (Å²) in [6, 6.07) is 0.805. The van der Waals surface area contributed by atoms with Crippen LogP contribution in [0.15, 0.2) is 0 Å². The molecule has 1 saturated carbocycles. The molecule has 5 heteroatoms. The molecule has 2 heterocycles. The third kappa shape index (κ3) is 2.38. The Hall–Kier alpha value is -0.680. The van der Waals surface area contributed by atoms with Crippen LogP contribution in [0.3, 0.4) is 0 Å². The lowest BCUT2D eigenvalue weighted by Crippen LogP contribution is -2.46. The number of nitrogens with one attached hydrogen (secondary N) is 1. The number of aromatic nitrogens is 2. The van der Waals surface area contributed by atoms with Gasteiger partial charge in [-0.15, -0.1) is 5.10 Å². The van der Waals surface area contributed by atoms with Crippen molar-refractivity contribution in [3.63, 3.8) is 0 Å². The summed E-state index contributed by atoms with van der Waals surface area (Å²) in [6.07, 6.45) is 8.47. The monoisotopic (exact) mass is 266 g/mol. The Morgan fingerprint density at radius 1 is 1.28 bits per heavy atom. The highest BCUT2D eigenvalue weighted by Gasteiger charge is 2.33. The van der Waals surface area contributed by atoms with Gasteiger partial charge in [0.25, 0.3) is 0 Å². The van der Waals surface area contributed by atoms with Gasteiger partial charge >= 0.3 is 0 Å². The minimum atomic E-state index is 0.805. The summed E-state index contributed by atoms with van der Waals surface area (Å²) in [6.45, 7) is 2.22. The number of anilines is 1. The molecule has 1 aromatic rings. The first-order valence-electron chi connectivity index (χ1n) is 7.11. The van der Waals surface area contributed by atoms with E-state index in [1.807, 2.05) is 7.05 Å². The van der Waals surface area contributed by atoms with Gasteiger partial charge in [-0.25, -0.2) is 0 Å². The van der Waals surface area contributed by atoms with Gasteiger partial charge in [-0.2, -0.15) is 0 Å². The largest absolute Gasteiger partial charge is 0.377 e. The SMILES string of the molecule is CNc1snnc1CN1CCCC2CCCCC21. The molecular formula is C13H22N4S. The molecule has 3 rings (SSSR count). The molecule has 0 radical (unpaired) electrons. The number of hydrogen-bond acceptors (Lipinski definition) is 5. The van der Waals surface area contributed by atoms with Crippen molar-refractivity contribution in [3.05, 3.63) is 5.69 Å². The predicted octanol–water partition coefficient (Wildman–Crippen LogP) is 2.73.